The fourth-order valence-corrected chi connectivity index (χ4v) is 2.39. The first-order valence-electron chi connectivity index (χ1n) is 6.14. The van der Waals surface area contributed by atoms with Gasteiger partial charge < -0.3 is 16.2 Å². The van der Waals surface area contributed by atoms with Gasteiger partial charge in [0.05, 0.1) is 5.60 Å². The maximum atomic E-state index is 12.8. The van der Waals surface area contributed by atoms with Gasteiger partial charge in [-0.25, -0.2) is 8.78 Å². The highest BCUT2D eigenvalue weighted by atomic mass is 19.3. The molecule has 0 aromatic heterocycles. The van der Waals surface area contributed by atoms with Gasteiger partial charge in [0.1, 0.15) is 0 Å². The lowest BCUT2D eigenvalue weighted by Crippen LogP contribution is -2.33. The van der Waals surface area contributed by atoms with Crippen LogP contribution in [0.15, 0.2) is 18.2 Å². The van der Waals surface area contributed by atoms with Crippen molar-refractivity contribution < 1.29 is 13.9 Å². The fourth-order valence-electron chi connectivity index (χ4n) is 2.39. The average molecular weight is 256 g/mol. The molecule has 100 valence electrons. The molecule has 3 nitrogen and oxygen atoms in total. The summed E-state index contributed by atoms with van der Waals surface area (Å²) in [7, 11) is 0. The predicted molar refractivity (Wildman–Crippen MR) is 67.7 cm³/mol. The first-order chi connectivity index (χ1) is 8.50. The summed E-state index contributed by atoms with van der Waals surface area (Å²) in [6.45, 7) is 0.302. The molecule has 0 bridgehead atoms. The third-order valence-electron chi connectivity index (χ3n) is 3.45. The van der Waals surface area contributed by atoms with Crippen LogP contribution in [0.4, 0.5) is 20.2 Å². The third-order valence-corrected chi connectivity index (χ3v) is 3.45. The van der Waals surface area contributed by atoms with Gasteiger partial charge in [0.2, 0.25) is 0 Å². The van der Waals surface area contributed by atoms with Gasteiger partial charge in [0.15, 0.2) is 0 Å². The minimum absolute atomic E-state index is 0.114. The van der Waals surface area contributed by atoms with Crippen molar-refractivity contribution in [3.8, 4) is 0 Å². The molecule has 0 saturated heterocycles. The molecule has 0 spiro atoms. The Morgan fingerprint density at radius 3 is 2.61 bits per heavy atom. The Kier molecular flexibility index (Phi) is 3.71. The van der Waals surface area contributed by atoms with Gasteiger partial charge >= 0.3 is 0 Å². The Morgan fingerprint density at radius 2 is 2.00 bits per heavy atom. The van der Waals surface area contributed by atoms with Crippen LogP contribution in [0.5, 0.6) is 0 Å². The second kappa shape index (κ2) is 5.10. The lowest BCUT2D eigenvalue weighted by Gasteiger charge is -2.24. The summed E-state index contributed by atoms with van der Waals surface area (Å²) >= 11 is 0. The van der Waals surface area contributed by atoms with Gasteiger partial charge in [0.25, 0.3) is 6.43 Å². The van der Waals surface area contributed by atoms with E-state index in [2.05, 4.69) is 5.32 Å². The van der Waals surface area contributed by atoms with Gasteiger partial charge in [-0.15, -0.1) is 0 Å². The van der Waals surface area contributed by atoms with E-state index >= 15 is 0 Å². The van der Waals surface area contributed by atoms with E-state index < -0.39 is 12.0 Å². The van der Waals surface area contributed by atoms with Gasteiger partial charge in [-0.1, -0.05) is 12.8 Å². The molecular formula is C13H18F2N2O. The number of nitrogens with one attached hydrogen (secondary N) is 1. The van der Waals surface area contributed by atoms with E-state index in [9.17, 15) is 13.9 Å². The van der Waals surface area contributed by atoms with Crippen LogP contribution in [0.1, 0.15) is 37.7 Å². The predicted octanol–water partition coefficient (Wildman–Crippen LogP) is 2.92. The molecule has 1 aromatic carbocycles. The van der Waals surface area contributed by atoms with Crippen molar-refractivity contribution in [2.24, 2.45) is 0 Å². The summed E-state index contributed by atoms with van der Waals surface area (Å²) in [5.41, 5.74) is 5.28. The third kappa shape index (κ3) is 2.90. The zero-order valence-corrected chi connectivity index (χ0v) is 10.1. The Morgan fingerprint density at radius 1 is 1.33 bits per heavy atom. The molecule has 0 amide bonds. The minimum Gasteiger partial charge on any atom is -0.399 e. The first kappa shape index (κ1) is 13.1. The van der Waals surface area contributed by atoms with E-state index in [0.29, 0.717) is 17.9 Å². The topological polar surface area (TPSA) is 58.3 Å². The van der Waals surface area contributed by atoms with E-state index in [0.717, 1.165) is 25.7 Å². The van der Waals surface area contributed by atoms with Crippen molar-refractivity contribution >= 4 is 11.4 Å². The summed E-state index contributed by atoms with van der Waals surface area (Å²) in [4.78, 5) is 0. The number of aliphatic hydroxyl groups is 1. The maximum absolute atomic E-state index is 12.8. The van der Waals surface area contributed by atoms with E-state index in [-0.39, 0.29) is 5.56 Å². The van der Waals surface area contributed by atoms with E-state index in [1.54, 1.807) is 6.07 Å². The summed E-state index contributed by atoms with van der Waals surface area (Å²) in [5, 5.41) is 13.1. The molecule has 5 heteroatoms. The number of hydrogen-bond donors (Lipinski definition) is 3. The van der Waals surface area contributed by atoms with Crippen molar-refractivity contribution in [3.05, 3.63) is 23.8 Å². The number of nitrogen functional groups attached to an aromatic ring is 1. The van der Waals surface area contributed by atoms with Crippen LogP contribution >= 0.6 is 0 Å². The molecule has 1 aliphatic carbocycles. The number of alkyl halides is 2. The molecule has 0 heterocycles. The van der Waals surface area contributed by atoms with Gasteiger partial charge in [-0.3, -0.25) is 0 Å². The standard InChI is InChI=1S/C13H18F2N2O/c14-12(15)10-7-9(16)3-4-11(10)17-8-13(18)5-1-2-6-13/h3-4,7,12,17-18H,1-2,5-6,8,16H2. The number of halogens is 2. The van der Waals surface area contributed by atoms with Crippen molar-refractivity contribution in [3.63, 3.8) is 0 Å². The maximum Gasteiger partial charge on any atom is 0.265 e. The Hall–Kier alpha value is -1.36. The number of nitrogens with two attached hydrogens (primary N) is 1. The van der Waals surface area contributed by atoms with Gasteiger partial charge in [-0.05, 0) is 31.0 Å². The minimum atomic E-state index is -2.57. The molecule has 0 atom stereocenters. The summed E-state index contributed by atoms with van der Waals surface area (Å²) in [6.07, 6.45) is 0.843. The van der Waals surface area contributed by atoms with Crippen LogP contribution in [-0.2, 0) is 0 Å². The highest BCUT2D eigenvalue weighted by Gasteiger charge is 2.31. The monoisotopic (exact) mass is 256 g/mol. The van der Waals surface area contributed by atoms with Crippen LogP contribution in [0.3, 0.4) is 0 Å². The lowest BCUT2D eigenvalue weighted by atomic mass is 10.0. The highest BCUT2D eigenvalue weighted by Crippen LogP contribution is 2.32. The molecule has 0 aliphatic heterocycles. The number of anilines is 2. The second-order valence-electron chi connectivity index (χ2n) is 4.93. The zero-order chi connectivity index (χ0) is 13.2. The van der Waals surface area contributed by atoms with Crippen molar-refractivity contribution in [1.82, 2.24) is 0 Å². The lowest BCUT2D eigenvalue weighted by molar-refractivity contribution is 0.0613. The molecule has 1 saturated carbocycles. The van der Waals surface area contributed by atoms with Crippen LogP contribution in [0.2, 0.25) is 0 Å². The molecule has 1 aromatic rings. The molecule has 4 N–H and O–H groups in total. The van der Waals surface area contributed by atoms with Crippen molar-refractivity contribution in [1.29, 1.82) is 0 Å². The van der Waals surface area contributed by atoms with E-state index in [1.165, 1.54) is 12.1 Å². The number of rotatable bonds is 4. The van der Waals surface area contributed by atoms with E-state index in [4.69, 9.17) is 5.73 Å². The fraction of sp³-hybridized carbons (Fsp3) is 0.538. The molecular weight excluding hydrogens is 238 g/mol. The first-order valence-corrected chi connectivity index (χ1v) is 6.14. The van der Waals surface area contributed by atoms with Crippen LogP contribution in [0.25, 0.3) is 0 Å². The van der Waals surface area contributed by atoms with Crippen LogP contribution < -0.4 is 11.1 Å². The van der Waals surface area contributed by atoms with Crippen molar-refractivity contribution in [2.75, 3.05) is 17.6 Å². The van der Waals surface area contributed by atoms with Crippen LogP contribution in [-0.4, -0.2) is 17.3 Å². The molecule has 1 aliphatic rings. The highest BCUT2D eigenvalue weighted by molar-refractivity contribution is 5.58. The molecule has 18 heavy (non-hydrogen) atoms. The van der Waals surface area contributed by atoms with Gasteiger partial charge in [0, 0.05) is 23.5 Å². The summed E-state index contributed by atoms with van der Waals surface area (Å²) in [5.74, 6) is 0. The Labute approximate surface area is 105 Å². The quantitative estimate of drug-likeness (QED) is 0.726. The summed E-state index contributed by atoms with van der Waals surface area (Å²) < 4.78 is 25.7. The smallest absolute Gasteiger partial charge is 0.265 e. The molecule has 0 unspecified atom stereocenters. The SMILES string of the molecule is Nc1ccc(NCC2(O)CCCC2)c(C(F)F)c1. The molecule has 1 fully saturated rings. The number of benzene rings is 1. The largest absolute Gasteiger partial charge is 0.399 e. The van der Waals surface area contributed by atoms with Crippen molar-refractivity contribution in [2.45, 2.75) is 37.7 Å². The number of hydrogen-bond acceptors (Lipinski definition) is 3. The zero-order valence-electron chi connectivity index (χ0n) is 10.1. The Balaban J connectivity index is 2.09. The second-order valence-corrected chi connectivity index (χ2v) is 4.93. The normalized spacial score (nSPS) is 18.2. The van der Waals surface area contributed by atoms with E-state index in [1.807, 2.05) is 0 Å². The molecule has 2 rings (SSSR count). The average Bonchev–Trinajstić information content (AvgIpc) is 2.75. The summed E-state index contributed by atoms with van der Waals surface area (Å²) in [6, 6.07) is 4.38. The Bertz CT molecular complexity index is 417. The van der Waals surface area contributed by atoms with Crippen LogP contribution in [0, 0.1) is 0 Å². The molecule has 0 radical (unpaired) electrons. The van der Waals surface area contributed by atoms with Gasteiger partial charge in [-0.2, -0.15) is 0 Å².